The lowest BCUT2D eigenvalue weighted by atomic mass is 10.1. The maximum atomic E-state index is 13.2. The standard InChI is InChI=1S/C19H31FN4O/c1-5-21-19(22-11-6-12-23(3)4)24-13-15(2)25-18(14-24)16-7-9-17(20)10-8-16/h7-10,15,18H,5-6,11-14H2,1-4H3,(H,21,22). The van der Waals surface area contributed by atoms with Crippen molar-refractivity contribution in [2.75, 3.05) is 46.8 Å². The average molecular weight is 350 g/mol. The van der Waals surface area contributed by atoms with Gasteiger partial charge < -0.3 is 19.9 Å². The van der Waals surface area contributed by atoms with Gasteiger partial charge in [0.05, 0.1) is 12.6 Å². The van der Waals surface area contributed by atoms with Crippen LogP contribution < -0.4 is 5.32 Å². The van der Waals surface area contributed by atoms with Crippen LogP contribution in [-0.2, 0) is 4.74 Å². The molecule has 1 aromatic rings. The fourth-order valence-corrected chi connectivity index (χ4v) is 2.98. The third kappa shape index (κ3) is 6.29. The minimum Gasteiger partial charge on any atom is -0.367 e. The summed E-state index contributed by atoms with van der Waals surface area (Å²) in [4.78, 5) is 9.20. The lowest BCUT2D eigenvalue weighted by molar-refractivity contribution is -0.0605. The molecule has 0 bridgehead atoms. The van der Waals surface area contributed by atoms with E-state index in [-0.39, 0.29) is 18.0 Å². The highest BCUT2D eigenvalue weighted by Crippen LogP contribution is 2.25. The average Bonchev–Trinajstić information content (AvgIpc) is 2.57. The SMILES string of the molecule is CCNC(=NCCCN(C)C)N1CC(C)OC(c2ccc(F)cc2)C1. The Hall–Kier alpha value is -1.66. The second kappa shape index (κ2) is 9.73. The van der Waals surface area contributed by atoms with Crippen LogP contribution in [0.1, 0.15) is 31.9 Å². The monoisotopic (exact) mass is 350 g/mol. The first-order chi connectivity index (χ1) is 12.0. The topological polar surface area (TPSA) is 40.1 Å². The molecule has 1 aliphatic heterocycles. The third-order valence-corrected chi connectivity index (χ3v) is 4.16. The number of halogens is 1. The van der Waals surface area contributed by atoms with Gasteiger partial charge in [0.1, 0.15) is 11.9 Å². The zero-order chi connectivity index (χ0) is 18.2. The molecular weight excluding hydrogens is 319 g/mol. The predicted molar refractivity (Wildman–Crippen MR) is 100 cm³/mol. The van der Waals surface area contributed by atoms with E-state index in [0.29, 0.717) is 0 Å². The normalized spacial score (nSPS) is 21.7. The van der Waals surface area contributed by atoms with Gasteiger partial charge in [-0.25, -0.2) is 4.39 Å². The summed E-state index contributed by atoms with van der Waals surface area (Å²) in [6, 6.07) is 6.58. The summed E-state index contributed by atoms with van der Waals surface area (Å²) in [7, 11) is 4.15. The van der Waals surface area contributed by atoms with Gasteiger partial charge in [-0.2, -0.15) is 0 Å². The highest BCUT2D eigenvalue weighted by molar-refractivity contribution is 5.80. The number of benzene rings is 1. The number of aliphatic imine (C=N–C) groups is 1. The number of ether oxygens (including phenoxy) is 1. The number of guanidine groups is 1. The van der Waals surface area contributed by atoms with Gasteiger partial charge in [0.2, 0.25) is 0 Å². The summed E-state index contributed by atoms with van der Waals surface area (Å²) < 4.78 is 19.3. The van der Waals surface area contributed by atoms with Crippen molar-refractivity contribution in [3.8, 4) is 0 Å². The molecule has 1 heterocycles. The zero-order valence-electron chi connectivity index (χ0n) is 15.8. The Morgan fingerprint density at radius 1 is 1.32 bits per heavy atom. The molecule has 140 valence electrons. The number of rotatable bonds is 6. The molecule has 2 rings (SSSR count). The molecule has 2 atom stereocenters. The summed E-state index contributed by atoms with van der Waals surface area (Å²) in [6.45, 7) is 8.33. The molecule has 0 saturated carbocycles. The van der Waals surface area contributed by atoms with Crippen molar-refractivity contribution in [1.82, 2.24) is 15.1 Å². The molecule has 1 aliphatic rings. The van der Waals surface area contributed by atoms with E-state index in [4.69, 9.17) is 9.73 Å². The molecule has 25 heavy (non-hydrogen) atoms. The van der Waals surface area contributed by atoms with Gasteiger partial charge >= 0.3 is 0 Å². The van der Waals surface area contributed by atoms with E-state index in [2.05, 4.69) is 43.1 Å². The van der Waals surface area contributed by atoms with Crippen LogP contribution in [0.2, 0.25) is 0 Å². The minimum atomic E-state index is -0.222. The zero-order valence-corrected chi connectivity index (χ0v) is 15.8. The molecule has 1 saturated heterocycles. The van der Waals surface area contributed by atoms with Gasteiger partial charge in [-0.1, -0.05) is 12.1 Å². The maximum absolute atomic E-state index is 13.2. The molecule has 0 aromatic heterocycles. The molecule has 0 aliphatic carbocycles. The second-order valence-electron chi connectivity index (χ2n) is 6.78. The van der Waals surface area contributed by atoms with Gasteiger partial charge in [0.25, 0.3) is 0 Å². The smallest absolute Gasteiger partial charge is 0.194 e. The molecule has 6 heteroatoms. The summed E-state index contributed by atoms with van der Waals surface area (Å²) in [5.74, 6) is 0.712. The highest BCUT2D eigenvalue weighted by Gasteiger charge is 2.28. The molecule has 2 unspecified atom stereocenters. The number of nitrogens with one attached hydrogen (secondary N) is 1. The van der Waals surface area contributed by atoms with Crippen molar-refractivity contribution < 1.29 is 9.13 Å². The lowest BCUT2D eigenvalue weighted by Gasteiger charge is -2.38. The highest BCUT2D eigenvalue weighted by atomic mass is 19.1. The number of nitrogens with zero attached hydrogens (tertiary/aromatic N) is 3. The number of hydrogen-bond acceptors (Lipinski definition) is 3. The van der Waals surface area contributed by atoms with E-state index < -0.39 is 0 Å². The molecular formula is C19H31FN4O. The number of morpholine rings is 1. The van der Waals surface area contributed by atoms with Crippen LogP contribution in [0, 0.1) is 5.82 Å². The fourth-order valence-electron chi connectivity index (χ4n) is 2.98. The Morgan fingerprint density at radius 2 is 2.04 bits per heavy atom. The van der Waals surface area contributed by atoms with Gasteiger partial charge in [-0.15, -0.1) is 0 Å². The first kappa shape index (κ1) is 19.7. The largest absolute Gasteiger partial charge is 0.367 e. The van der Waals surface area contributed by atoms with Crippen LogP contribution >= 0.6 is 0 Å². The second-order valence-corrected chi connectivity index (χ2v) is 6.78. The lowest BCUT2D eigenvalue weighted by Crippen LogP contribution is -2.50. The number of hydrogen-bond donors (Lipinski definition) is 1. The quantitative estimate of drug-likeness (QED) is 0.486. The first-order valence-corrected chi connectivity index (χ1v) is 9.08. The van der Waals surface area contributed by atoms with E-state index >= 15 is 0 Å². The van der Waals surface area contributed by atoms with Crippen molar-refractivity contribution in [2.24, 2.45) is 4.99 Å². The summed E-state index contributed by atoms with van der Waals surface area (Å²) in [6.07, 6.45) is 1.05. The molecule has 5 nitrogen and oxygen atoms in total. The molecule has 1 fully saturated rings. The van der Waals surface area contributed by atoms with Gasteiger partial charge in [0.15, 0.2) is 5.96 Å². The Bertz CT molecular complexity index is 547. The summed E-state index contributed by atoms with van der Waals surface area (Å²) in [5, 5.41) is 3.39. The van der Waals surface area contributed by atoms with Crippen molar-refractivity contribution in [1.29, 1.82) is 0 Å². The van der Waals surface area contributed by atoms with E-state index in [9.17, 15) is 4.39 Å². The van der Waals surface area contributed by atoms with E-state index in [1.807, 2.05) is 0 Å². The molecule has 0 amide bonds. The van der Waals surface area contributed by atoms with Crippen molar-refractivity contribution >= 4 is 5.96 Å². The Balaban J connectivity index is 2.05. The molecule has 0 radical (unpaired) electrons. The van der Waals surface area contributed by atoms with E-state index in [1.165, 1.54) is 12.1 Å². The van der Waals surface area contributed by atoms with Gasteiger partial charge in [-0.05, 0) is 58.6 Å². The van der Waals surface area contributed by atoms with E-state index in [0.717, 1.165) is 50.7 Å². The van der Waals surface area contributed by atoms with Gasteiger partial charge in [-0.3, -0.25) is 4.99 Å². The molecule has 1 N–H and O–H groups in total. The van der Waals surface area contributed by atoms with Crippen LogP contribution in [-0.4, -0.2) is 68.7 Å². The van der Waals surface area contributed by atoms with Crippen molar-refractivity contribution in [3.63, 3.8) is 0 Å². The van der Waals surface area contributed by atoms with Gasteiger partial charge in [0, 0.05) is 19.6 Å². The van der Waals surface area contributed by atoms with Crippen LogP contribution in [0.25, 0.3) is 0 Å². The Kier molecular flexibility index (Phi) is 7.65. The Morgan fingerprint density at radius 3 is 2.68 bits per heavy atom. The predicted octanol–water partition coefficient (Wildman–Crippen LogP) is 2.50. The summed E-state index contributed by atoms with van der Waals surface area (Å²) >= 11 is 0. The van der Waals surface area contributed by atoms with Crippen LogP contribution in [0.4, 0.5) is 4.39 Å². The fraction of sp³-hybridized carbons (Fsp3) is 0.632. The Labute approximate surface area is 150 Å². The van der Waals surface area contributed by atoms with Crippen molar-refractivity contribution in [2.45, 2.75) is 32.5 Å². The molecule has 0 spiro atoms. The molecule has 1 aromatic carbocycles. The minimum absolute atomic E-state index is 0.0741. The van der Waals surface area contributed by atoms with E-state index in [1.54, 1.807) is 12.1 Å². The summed E-state index contributed by atoms with van der Waals surface area (Å²) in [5.41, 5.74) is 1.00. The van der Waals surface area contributed by atoms with Crippen LogP contribution in [0.15, 0.2) is 29.3 Å². The first-order valence-electron chi connectivity index (χ1n) is 9.08. The van der Waals surface area contributed by atoms with Crippen LogP contribution in [0.5, 0.6) is 0 Å². The van der Waals surface area contributed by atoms with Crippen molar-refractivity contribution in [3.05, 3.63) is 35.6 Å². The maximum Gasteiger partial charge on any atom is 0.194 e. The van der Waals surface area contributed by atoms with Crippen LogP contribution in [0.3, 0.4) is 0 Å². The third-order valence-electron chi connectivity index (χ3n) is 4.16.